The Morgan fingerprint density at radius 1 is 0.500 bits per heavy atom. The summed E-state index contributed by atoms with van der Waals surface area (Å²) in [5, 5.41) is 6.00. The molecular weight excluding hydrogens is 410 g/mol. The maximum atomic E-state index is 4.67. The van der Waals surface area contributed by atoms with Gasteiger partial charge < -0.3 is 0 Å². The molecule has 10 heteroatoms. The Hall–Kier alpha value is -3.08. The second kappa shape index (κ2) is 6.23. The van der Waals surface area contributed by atoms with Crippen LogP contribution in [0.1, 0.15) is 14.6 Å². The lowest BCUT2D eigenvalue weighted by atomic mass is 10.3. The Morgan fingerprint density at radius 2 is 0.857 bits per heavy atom. The molecular formula is C18H9N7S3. The van der Waals surface area contributed by atoms with Crippen molar-refractivity contribution >= 4 is 69.4 Å². The van der Waals surface area contributed by atoms with E-state index in [1.165, 1.54) is 0 Å². The predicted molar refractivity (Wildman–Crippen MR) is 117 cm³/mol. The maximum absolute atomic E-state index is 4.67. The van der Waals surface area contributed by atoms with Gasteiger partial charge >= 0.3 is 0 Å². The zero-order valence-electron chi connectivity index (χ0n) is 14.1. The summed E-state index contributed by atoms with van der Waals surface area (Å²) in [5.41, 5.74) is 0. The number of nitrogens with zero attached hydrogens (tertiary/aromatic N) is 7. The zero-order valence-corrected chi connectivity index (χ0v) is 16.5. The predicted octanol–water partition coefficient (Wildman–Crippen LogP) is 3.92. The number of guanidine groups is 3. The zero-order chi connectivity index (χ0) is 18.5. The van der Waals surface area contributed by atoms with Crippen molar-refractivity contribution in [1.82, 2.24) is 4.90 Å². The van der Waals surface area contributed by atoms with Gasteiger partial charge in [-0.15, -0.1) is 34.0 Å². The van der Waals surface area contributed by atoms with E-state index in [0.717, 1.165) is 14.6 Å². The molecule has 0 atom stereocenters. The van der Waals surface area contributed by atoms with Crippen molar-refractivity contribution in [2.24, 2.45) is 30.0 Å². The van der Waals surface area contributed by atoms with Gasteiger partial charge in [0.25, 0.3) is 0 Å². The highest BCUT2D eigenvalue weighted by Gasteiger charge is 2.35. The summed E-state index contributed by atoms with van der Waals surface area (Å²) >= 11 is 4.74. The van der Waals surface area contributed by atoms with E-state index in [2.05, 4.69) is 30.0 Å². The van der Waals surface area contributed by atoms with Gasteiger partial charge in [0, 0.05) is 0 Å². The molecule has 0 bridgehead atoms. The van der Waals surface area contributed by atoms with Crippen molar-refractivity contribution in [2.75, 3.05) is 0 Å². The molecule has 0 amide bonds. The minimum absolute atomic E-state index is 0.486. The normalized spacial score (nSPS) is 17.8. The van der Waals surface area contributed by atoms with E-state index in [1.54, 1.807) is 38.9 Å². The summed E-state index contributed by atoms with van der Waals surface area (Å²) in [6.45, 7) is 0. The first-order valence-corrected chi connectivity index (χ1v) is 10.9. The maximum Gasteiger partial charge on any atom is 0.243 e. The van der Waals surface area contributed by atoms with Crippen LogP contribution in [0.3, 0.4) is 0 Å². The molecule has 3 aliphatic rings. The van der Waals surface area contributed by atoms with Gasteiger partial charge in [0.2, 0.25) is 17.9 Å². The van der Waals surface area contributed by atoms with Crippen LogP contribution in [0.25, 0.3) is 0 Å². The van der Waals surface area contributed by atoms with Gasteiger partial charge in [-0.2, -0.15) is 30.0 Å². The van der Waals surface area contributed by atoms with E-state index in [4.69, 9.17) is 0 Å². The van der Waals surface area contributed by atoms with Crippen molar-refractivity contribution < 1.29 is 0 Å². The van der Waals surface area contributed by atoms with Crippen molar-refractivity contribution in [3.8, 4) is 0 Å². The first kappa shape index (κ1) is 15.9. The van der Waals surface area contributed by atoms with Crippen LogP contribution >= 0.6 is 34.0 Å². The fourth-order valence-electron chi connectivity index (χ4n) is 2.83. The van der Waals surface area contributed by atoms with Crippen LogP contribution in [0.4, 0.5) is 0 Å². The fraction of sp³-hybridized carbons (Fsp3) is 0. The molecule has 3 aromatic heterocycles. The van der Waals surface area contributed by atoms with Crippen molar-refractivity contribution in [1.29, 1.82) is 0 Å². The molecule has 0 spiro atoms. The molecule has 0 saturated heterocycles. The summed E-state index contributed by atoms with van der Waals surface area (Å²) < 4.78 is 0. The van der Waals surface area contributed by atoms with Crippen LogP contribution < -0.4 is 0 Å². The Balaban J connectivity index is 1.56. The SMILES string of the molecule is c1csc(C2=NC3=NC(c4cccs4)=NC4=NC(c5cccs5)=NC(=N2)N34)c1. The van der Waals surface area contributed by atoms with Crippen LogP contribution in [0.15, 0.2) is 82.5 Å². The minimum atomic E-state index is 0.486. The molecule has 3 aromatic rings. The van der Waals surface area contributed by atoms with E-state index >= 15 is 0 Å². The summed E-state index contributed by atoms with van der Waals surface area (Å²) in [4.78, 5) is 32.6. The molecule has 7 nitrogen and oxygen atoms in total. The van der Waals surface area contributed by atoms with Crippen LogP contribution in [-0.2, 0) is 0 Å². The molecule has 0 unspecified atom stereocenters. The molecule has 134 valence electrons. The minimum Gasteiger partial charge on any atom is -0.213 e. The van der Waals surface area contributed by atoms with Crippen molar-refractivity contribution in [3.63, 3.8) is 0 Å². The number of thiophene rings is 3. The first-order valence-electron chi connectivity index (χ1n) is 8.29. The Morgan fingerprint density at radius 3 is 1.14 bits per heavy atom. The van der Waals surface area contributed by atoms with E-state index in [1.807, 2.05) is 52.5 Å². The van der Waals surface area contributed by atoms with Gasteiger partial charge in [-0.25, -0.2) is 4.90 Å². The molecule has 3 aliphatic heterocycles. The van der Waals surface area contributed by atoms with Gasteiger partial charge in [0.15, 0.2) is 17.5 Å². The molecule has 6 rings (SSSR count). The molecule has 0 fully saturated rings. The lowest BCUT2D eigenvalue weighted by molar-refractivity contribution is 0.829. The Labute approximate surface area is 171 Å². The number of amidine groups is 3. The lowest BCUT2D eigenvalue weighted by Crippen LogP contribution is -2.47. The average molecular weight is 420 g/mol. The van der Waals surface area contributed by atoms with Gasteiger partial charge in [-0.05, 0) is 34.3 Å². The number of aliphatic imine (C=N–C) groups is 6. The smallest absolute Gasteiger partial charge is 0.213 e. The quantitative estimate of drug-likeness (QED) is 0.634. The number of hydrogen-bond donors (Lipinski definition) is 0. The topological polar surface area (TPSA) is 77.4 Å². The highest BCUT2D eigenvalue weighted by Crippen LogP contribution is 2.25. The highest BCUT2D eigenvalue weighted by molar-refractivity contribution is 7.13. The van der Waals surface area contributed by atoms with E-state index in [9.17, 15) is 0 Å². The monoisotopic (exact) mass is 419 g/mol. The third-order valence-electron chi connectivity index (χ3n) is 4.06. The summed E-state index contributed by atoms with van der Waals surface area (Å²) in [5.74, 6) is 3.26. The summed E-state index contributed by atoms with van der Waals surface area (Å²) in [6, 6.07) is 11.9. The molecule has 0 N–H and O–H groups in total. The highest BCUT2D eigenvalue weighted by atomic mass is 32.1. The van der Waals surface area contributed by atoms with Gasteiger partial charge in [-0.3, -0.25) is 0 Å². The second-order valence-electron chi connectivity index (χ2n) is 5.81. The molecule has 6 heterocycles. The Bertz CT molecular complexity index is 1080. The number of rotatable bonds is 3. The summed E-state index contributed by atoms with van der Waals surface area (Å²) in [6.07, 6.45) is 0. The first-order chi connectivity index (χ1) is 13.8. The fourth-order valence-corrected chi connectivity index (χ4v) is 4.81. The molecule has 0 aliphatic carbocycles. The average Bonchev–Trinajstić information content (AvgIpc) is 3.51. The molecule has 0 saturated carbocycles. The van der Waals surface area contributed by atoms with Crippen molar-refractivity contribution in [2.45, 2.75) is 0 Å². The van der Waals surface area contributed by atoms with Gasteiger partial charge in [0.1, 0.15) is 0 Å². The standard InChI is InChI=1S/C18H9N7S3/c1-4-10(26-7-1)13-19-16-21-14(11-5-2-8-27-11)23-18-24-15(12-6-3-9-28-12)22-17(20-13)25(16)18/h1-9H. The Kier molecular flexibility index (Phi) is 3.54. The van der Waals surface area contributed by atoms with E-state index in [-0.39, 0.29) is 0 Å². The molecule has 28 heavy (non-hydrogen) atoms. The summed E-state index contributed by atoms with van der Waals surface area (Å²) in [7, 11) is 0. The second-order valence-corrected chi connectivity index (χ2v) is 8.65. The lowest BCUT2D eigenvalue weighted by Gasteiger charge is -2.29. The van der Waals surface area contributed by atoms with Crippen molar-refractivity contribution in [3.05, 3.63) is 67.2 Å². The third-order valence-corrected chi connectivity index (χ3v) is 6.66. The number of hydrogen-bond acceptors (Lipinski definition) is 10. The van der Waals surface area contributed by atoms with Crippen LogP contribution in [-0.4, -0.2) is 40.3 Å². The van der Waals surface area contributed by atoms with Crippen LogP contribution in [0.5, 0.6) is 0 Å². The molecule has 0 aromatic carbocycles. The van der Waals surface area contributed by atoms with Crippen LogP contribution in [0, 0.1) is 0 Å². The third kappa shape index (κ3) is 2.53. The van der Waals surface area contributed by atoms with E-state index in [0.29, 0.717) is 35.4 Å². The largest absolute Gasteiger partial charge is 0.243 e. The van der Waals surface area contributed by atoms with Gasteiger partial charge in [-0.1, -0.05) is 18.2 Å². The van der Waals surface area contributed by atoms with Gasteiger partial charge in [0.05, 0.1) is 14.6 Å². The van der Waals surface area contributed by atoms with Crippen LogP contribution in [0.2, 0.25) is 0 Å². The molecule has 0 radical (unpaired) electrons. The van der Waals surface area contributed by atoms with E-state index < -0.39 is 0 Å².